The molecule has 0 bridgehead atoms. The second-order valence-corrected chi connectivity index (χ2v) is 6.85. The van der Waals surface area contributed by atoms with Gasteiger partial charge in [0.15, 0.2) is 0 Å². The van der Waals surface area contributed by atoms with E-state index in [4.69, 9.17) is 9.47 Å². The summed E-state index contributed by atoms with van der Waals surface area (Å²) in [4.78, 5) is 24.6. The van der Waals surface area contributed by atoms with Gasteiger partial charge in [0.1, 0.15) is 12.4 Å². The maximum atomic E-state index is 12.0. The fourth-order valence-electron chi connectivity index (χ4n) is 2.99. The Morgan fingerprint density at radius 3 is 2.70 bits per heavy atom. The summed E-state index contributed by atoms with van der Waals surface area (Å²) < 4.78 is 11.2. The fourth-order valence-corrected chi connectivity index (χ4v) is 2.99. The van der Waals surface area contributed by atoms with E-state index in [1.165, 1.54) is 18.2 Å². The third-order valence-corrected chi connectivity index (χ3v) is 4.68. The van der Waals surface area contributed by atoms with Gasteiger partial charge in [-0.05, 0) is 41.5 Å². The average Bonchev–Trinajstić information content (AvgIpc) is 2.77. The number of nitro benzene ring substituents is 1. The highest BCUT2D eigenvalue weighted by Crippen LogP contribution is 2.14. The minimum Gasteiger partial charge on any atom is -0.492 e. The number of nitro groups is 1. The van der Waals surface area contributed by atoms with E-state index in [1.54, 1.807) is 18.2 Å². The zero-order chi connectivity index (χ0) is 21.2. The van der Waals surface area contributed by atoms with Crippen LogP contribution in [0, 0.1) is 10.1 Å². The molecule has 1 aliphatic heterocycles. The van der Waals surface area contributed by atoms with Gasteiger partial charge >= 0.3 is 0 Å². The first-order valence-electron chi connectivity index (χ1n) is 9.82. The van der Waals surface area contributed by atoms with Gasteiger partial charge in [-0.2, -0.15) is 0 Å². The van der Waals surface area contributed by atoms with Gasteiger partial charge in [0.05, 0.1) is 18.1 Å². The summed E-state index contributed by atoms with van der Waals surface area (Å²) in [6, 6.07) is 13.6. The number of amides is 1. The molecule has 3 rings (SSSR count). The number of carbonyl (C=O) groups is 1. The second-order valence-electron chi connectivity index (χ2n) is 6.85. The SMILES string of the molecule is O=C(C=Cc1ccc([N+](=O)[O-])cc1)NCc1cccc(OCCN2CCOCC2)c1. The molecule has 8 heteroatoms. The first kappa shape index (κ1) is 21.5. The predicted octanol–water partition coefficient (Wildman–Crippen LogP) is 2.64. The summed E-state index contributed by atoms with van der Waals surface area (Å²) in [7, 11) is 0. The summed E-state index contributed by atoms with van der Waals surface area (Å²) >= 11 is 0. The van der Waals surface area contributed by atoms with Gasteiger partial charge < -0.3 is 14.8 Å². The number of hydrogen-bond acceptors (Lipinski definition) is 6. The van der Waals surface area contributed by atoms with Crippen LogP contribution in [-0.2, 0) is 16.1 Å². The third-order valence-electron chi connectivity index (χ3n) is 4.68. The first-order valence-corrected chi connectivity index (χ1v) is 9.82. The summed E-state index contributed by atoms with van der Waals surface area (Å²) in [5, 5.41) is 13.5. The number of nitrogens with one attached hydrogen (secondary N) is 1. The van der Waals surface area contributed by atoms with E-state index < -0.39 is 4.92 Å². The molecule has 1 fully saturated rings. The Labute approximate surface area is 175 Å². The van der Waals surface area contributed by atoms with Crippen molar-refractivity contribution in [1.29, 1.82) is 0 Å². The number of non-ortho nitro benzene ring substituents is 1. The van der Waals surface area contributed by atoms with Crippen LogP contribution in [0.5, 0.6) is 5.75 Å². The highest BCUT2D eigenvalue weighted by Gasteiger charge is 2.10. The Balaban J connectivity index is 1.42. The molecule has 158 valence electrons. The molecule has 0 saturated carbocycles. The van der Waals surface area contributed by atoms with Crippen molar-refractivity contribution in [2.24, 2.45) is 0 Å². The lowest BCUT2D eigenvalue weighted by molar-refractivity contribution is -0.384. The molecule has 2 aromatic carbocycles. The van der Waals surface area contributed by atoms with Crippen molar-refractivity contribution in [3.05, 3.63) is 75.8 Å². The summed E-state index contributed by atoms with van der Waals surface area (Å²) in [5.74, 6) is 0.531. The molecule has 1 aliphatic rings. The van der Waals surface area contributed by atoms with E-state index in [9.17, 15) is 14.9 Å². The van der Waals surface area contributed by atoms with Crippen molar-refractivity contribution in [2.45, 2.75) is 6.54 Å². The van der Waals surface area contributed by atoms with Crippen molar-refractivity contribution in [1.82, 2.24) is 10.2 Å². The largest absolute Gasteiger partial charge is 0.492 e. The highest BCUT2D eigenvalue weighted by molar-refractivity contribution is 5.91. The number of carbonyl (C=O) groups excluding carboxylic acids is 1. The molecule has 30 heavy (non-hydrogen) atoms. The van der Waals surface area contributed by atoms with E-state index in [1.807, 2.05) is 24.3 Å². The Morgan fingerprint density at radius 2 is 1.97 bits per heavy atom. The predicted molar refractivity (Wildman–Crippen MR) is 113 cm³/mol. The van der Waals surface area contributed by atoms with Crippen LogP contribution in [0.25, 0.3) is 6.08 Å². The average molecular weight is 411 g/mol. The third kappa shape index (κ3) is 6.98. The number of nitrogens with zero attached hydrogens (tertiary/aromatic N) is 2. The number of benzene rings is 2. The topological polar surface area (TPSA) is 93.9 Å². The quantitative estimate of drug-likeness (QED) is 0.387. The molecule has 0 atom stereocenters. The summed E-state index contributed by atoms with van der Waals surface area (Å²) in [6.45, 7) is 5.25. The van der Waals surface area contributed by atoms with Crippen molar-refractivity contribution in [3.63, 3.8) is 0 Å². The number of ether oxygens (including phenoxy) is 2. The van der Waals surface area contributed by atoms with Crippen LogP contribution in [0.4, 0.5) is 5.69 Å². The molecule has 1 amide bonds. The molecule has 0 unspecified atom stereocenters. The van der Waals surface area contributed by atoms with Crippen LogP contribution in [0.3, 0.4) is 0 Å². The van der Waals surface area contributed by atoms with Gasteiger partial charge in [-0.3, -0.25) is 19.8 Å². The van der Waals surface area contributed by atoms with Gasteiger partial charge in [-0.15, -0.1) is 0 Å². The van der Waals surface area contributed by atoms with Crippen LogP contribution < -0.4 is 10.1 Å². The van der Waals surface area contributed by atoms with Gasteiger partial charge in [-0.1, -0.05) is 12.1 Å². The second kappa shape index (κ2) is 11.1. The molecule has 2 aromatic rings. The smallest absolute Gasteiger partial charge is 0.269 e. The van der Waals surface area contributed by atoms with E-state index in [-0.39, 0.29) is 11.6 Å². The van der Waals surface area contributed by atoms with E-state index in [0.29, 0.717) is 18.7 Å². The van der Waals surface area contributed by atoms with Crippen LogP contribution in [0.1, 0.15) is 11.1 Å². The molecule has 8 nitrogen and oxygen atoms in total. The lowest BCUT2D eigenvalue weighted by atomic mass is 10.2. The maximum Gasteiger partial charge on any atom is 0.269 e. The van der Waals surface area contributed by atoms with Crippen molar-refractivity contribution in [3.8, 4) is 5.75 Å². The normalized spacial score (nSPS) is 14.5. The van der Waals surface area contributed by atoms with Crippen molar-refractivity contribution >= 4 is 17.7 Å². The minimum absolute atomic E-state index is 0.0173. The van der Waals surface area contributed by atoms with Gasteiger partial charge in [0, 0.05) is 44.4 Å². The zero-order valence-corrected chi connectivity index (χ0v) is 16.7. The monoisotopic (exact) mass is 411 g/mol. The van der Waals surface area contributed by atoms with Crippen LogP contribution in [-0.4, -0.2) is 55.2 Å². The van der Waals surface area contributed by atoms with E-state index >= 15 is 0 Å². The Morgan fingerprint density at radius 1 is 1.20 bits per heavy atom. The molecule has 1 saturated heterocycles. The first-order chi connectivity index (χ1) is 14.6. The van der Waals surface area contributed by atoms with Gasteiger partial charge in [0.25, 0.3) is 5.69 Å². The lowest BCUT2D eigenvalue weighted by Crippen LogP contribution is -2.38. The maximum absolute atomic E-state index is 12.0. The Bertz CT molecular complexity index is 877. The summed E-state index contributed by atoms with van der Waals surface area (Å²) in [6.07, 6.45) is 3.02. The van der Waals surface area contributed by atoms with Crippen LogP contribution in [0.2, 0.25) is 0 Å². The van der Waals surface area contributed by atoms with Crippen molar-refractivity contribution in [2.75, 3.05) is 39.5 Å². The Hall–Kier alpha value is -3.23. The fraction of sp³-hybridized carbons (Fsp3) is 0.318. The molecule has 1 heterocycles. The minimum atomic E-state index is -0.458. The molecular weight excluding hydrogens is 386 g/mol. The zero-order valence-electron chi connectivity index (χ0n) is 16.7. The molecule has 0 aliphatic carbocycles. The van der Waals surface area contributed by atoms with Crippen molar-refractivity contribution < 1.29 is 19.2 Å². The lowest BCUT2D eigenvalue weighted by Gasteiger charge is -2.26. The molecule has 0 spiro atoms. The number of morpholine rings is 1. The Kier molecular flexibility index (Phi) is 7.94. The van der Waals surface area contributed by atoms with Gasteiger partial charge in [-0.25, -0.2) is 0 Å². The standard InChI is InChI=1S/C22H25N3O5/c26-22(9-6-18-4-7-20(8-5-18)25(27)28)23-17-19-2-1-3-21(16-19)30-15-12-24-10-13-29-14-11-24/h1-9,16H,10-15,17H2,(H,23,26). The van der Waals surface area contributed by atoms with Gasteiger partial charge in [0.2, 0.25) is 5.91 Å². The number of hydrogen-bond donors (Lipinski definition) is 1. The molecular formula is C22H25N3O5. The van der Waals surface area contributed by atoms with E-state index in [0.717, 1.165) is 44.2 Å². The molecule has 1 N–H and O–H groups in total. The number of rotatable bonds is 9. The highest BCUT2D eigenvalue weighted by atomic mass is 16.6. The molecule has 0 radical (unpaired) electrons. The summed E-state index contributed by atoms with van der Waals surface area (Å²) in [5.41, 5.74) is 1.67. The van der Waals surface area contributed by atoms with Crippen LogP contribution in [0.15, 0.2) is 54.6 Å². The van der Waals surface area contributed by atoms with Crippen LogP contribution >= 0.6 is 0 Å². The molecule has 0 aromatic heterocycles. The van der Waals surface area contributed by atoms with E-state index in [2.05, 4.69) is 10.2 Å².